The Bertz CT molecular complexity index is 1450. The molecule has 2 heterocycles. The Morgan fingerprint density at radius 1 is 0.761 bits per heavy atom. The summed E-state index contributed by atoms with van der Waals surface area (Å²) in [6, 6.07) is 24.6. The average molecular weight is 653 g/mol. The van der Waals surface area contributed by atoms with E-state index in [1.165, 1.54) is 25.8 Å². The number of carbonyl (C=O) groups excluding carboxylic acids is 3. The van der Waals surface area contributed by atoms with Crippen LogP contribution in [0.2, 0.25) is 0 Å². The number of methoxy groups -OCH3 is 1. The number of hydrogen-bond acceptors (Lipinski definition) is 12. The third-order valence-electron chi connectivity index (χ3n) is 7.47. The molecule has 0 bridgehead atoms. The molecule has 2 aliphatic heterocycles. The van der Waals surface area contributed by atoms with Crippen molar-refractivity contribution in [3.63, 3.8) is 0 Å². The molecule has 2 aliphatic rings. The molecule has 0 amide bonds. The van der Waals surface area contributed by atoms with Crippen LogP contribution >= 0.6 is 11.8 Å². The van der Waals surface area contributed by atoms with Crippen molar-refractivity contribution in [3.05, 3.63) is 102 Å². The molecule has 0 radical (unpaired) electrons. The quantitative estimate of drug-likeness (QED) is 0.224. The van der Waals surface area contributed by atoms with Crippen molar-refractivity contribution < 1.29 is 52.6 Å². The summed E-state index contributed by atoms with van der Waals surface area (Å²) < 4.78 is 41.3. The van der Waals surface area contributed by atoms with Gasteiger partial charge < -0.3 is 38.3 Å². The zero-order valence-electron chi connectivity index (χ0n) is 25.6. The maximum absolute atomic E-state index is 13.1. The number of thioether (sulfide) groups is 1. The van der Waals surface area contributed by atoms with Gasteiger partial charge in [-0.1, -0.05) is 54.1 Å². The van der Waals surface area contributed by atoms with Gasteiger partial charge in [0.1, 0.15) is 36.3 Å². The van der Waals surface area contributed by atoms with Crippen LogP contribution in [0.1, 0.15) is 33.2 Å². The van der Waals surface area contributed by atoms with Crippen LogP contribution in [0.3, 0.4) is 0 Å². The number of rotatable bonds is 12. The molecule has 0 saturated carbocycles. The van der Waals surface area contributed by atoms with Gasteiger partial charge in [-0.05, 0) is 43.3 Å². The van der Waals surface area contributed by atoms with Crippen molar-refractivity contribution in [2.75, 3.05) is 20.3 Å². The fourth-order valence-electron chi connectivity index (χ4n) is 5.22. The van der Waals surface area contributed by atoms with E-state index in [0.717, 1.165) is 10.5 Å². The van der Waals surface area contributed by atoms with E-state index in [4.69, 9.17) is 33.2 Å². The third kappa shape index (κ3) is 8.13. The van der Waals surface area contributed by atoms with Gasteiger partial charge in [-0.3, -0.25) is 4.79 Å². The average Bonchev–Trinajstić information content (AvgIpc) is 3.57. The Balaban J connectivity index is 1.42. The number of hydrogen-bond donors (Lipinski definition) is 1. The highest BCUT2D eigenvalue weighted by atomic mass is 32.2. The van der Waals surface area contributed by atoms with E-state index in [0.29, 0.717) is 11.1 Å². The first-order chi connectivity index (χ1) is 22.3. The lowest BCUT2D eigenvalue weighted by atomic mass is 10.1. The second kappa shape index (κ2) is 15.7. The highest BCUT2D eigenvalue weighted by Gasteiger charge is 2.54. The molecule has 8 atom stereocenters. The highest BCUT2D eigenvalue weighted by Crippen LogP contribution is 2.41. The largest absolute Gasteiger partial charge is 0.459 e. The van der Waals surface area contributed by atoms with Gasteiger partial charge in [-0.25, -0.2) is 9.59 Å². The van der Waals surface area contributed by atoms with Crippen molar-refractivity contribution in [2.45, 2.75) is 67.1 Å². The van der Waals surface area contributed by atoms with E-state index in [9.17, 15) is 19.5 Å². The highest BCUT2D eigenvalue weighted by molar-refractivity contribution is 8.00. The number of aryl methyl sites for hydroxylation is 1. The Hall–Kier alpha value is -3.78. The zero-order chi connectivity index (χ0) is 32.6. The molecule has 0 aliphatic carbocycles. The number of ether oxygens (including phenoxy) is 7. The van der Waals surface area contributed by atoms with E-state index < -0.39 is 72.9 Å². The summed E-state index contributed by atoms with van der Waals surface area (Å²) in [5.74, 6) is -1.77. The van der Waals surface area contributed by atoms with Crippen LogP contribution in [-0.4, -0.2) is 91.7 Å². The molecule has 0 aromatic heterocycles. The van der Waals surface area contributed by atoms with Crippen LogP contribution < -0.4 is 0 Å². The Labute approximate surface area is 271 Å². The van der Waals surface area contributed by atoms with Crippen LogP contribution in [0.25, 0.3) is 0 Å². The minimum atomic E-state index is -1.09. The summed E-state index contributed by atoms with van der Waals surface area (Å²) >= 11 is 1.35. The van der Waals surface area contributed by atoms with Crippen molar-refractivity contribution in [1.29, 1.82) is 0 Å². The number of carbonyl (C=O) groups is 3. The maximum Gasteiger partial charge on any atom is 0.338 e. The summed E-state index contributed by atoms with van der Waals surface area (Å²) in [7, 11) is 1.39. The van der Waals surface area contributed by atoms with Crippen LogP contribution in [-0.2, 0) is 38.0 Å². The zero-order valence-corrected chi connectivity index (χ0v) is 26.4. The van der Waals surface area contributed by atoms with E-state index in [1.807, 2.05) is 31.2 Å². The van der Waals surface area contributed by atoms with E-state index in [-0.39, 0.29) is 6.61 Å². The van der Waals surface area contributed by atoms with Gasteiger partial charge in [0.05, 0.1) is 17.7 Å². The van der Waals surface area contributed by atoms with E-state index in [2.05, 4.69) is 0 Å². The predicted molar refractivity (Wildman–Crippen MR) is 165 cm³/mol. The minimum absolute atomic E-state index is 0.242. The van der Waals surface area contributed by atoms with Gasteiger partial charge >= 0.3 is 17.9 Å². The van der Waals surface area contributed by atoms with Crippen molar-refractivity contribution >= 4 is 29.7 Å². The van der Waals surface area contributed by atoms with E-state index in [1.54, 1.807) is 60.7 Å². The topological polar surface area (TPSA) is 136 Å². The van der Waals surface area contributed by atoms with Gasteiger partial charge in [0.2, 0.25) is 0 Å². The SMILES string of the molecule is CO[C@H]1O[C@H](CO)[C@@H](O[C@H]2O[C@H](COC(=O)c3ccccc3)[C@@H](OC(C)=O)[C@@H]2Sc2ccc(C)cc2)[C@@H]1OC(=O)c1ccccc1. The summed E-state index contributed by atoms with van der Waals surface area (Å²) in [6.45, 7) is 2.53. The number of benzene rings is 3. The van der Waals surface area contributed by atoms with E-state index >= 15 is 0 Å². The lowest BCUT2D eigenvalue weighted by molar-refractivity contribution is -0.193. The molecule has 11 nitrogen and oxygen atoms in total. The Morgan fingerprint density at radius 2 is 1.37 bits per heavy atom. The first-order valence-corrected chi connectivity index (χ1v) is 15.6. The third-order valence-corrected chi connectivity index (χ3v) is 8.78. The molecule has 1 N–H and O–H groups in total. The monoisotopic (exact) mass is 652 g/mol. The first kappa shape index (κ1) is 33.6. The first-order valence-electron chi connectivity index (χ1n) is 14.8. The molecule has 3 aromatic carbocycles. The second-order valence-electron chi connectivity index (χ2n) is 10.8. The molecule has 2 saturated heterocycles. The predicted octanol–water partition coefficient (Wildman–Crippen LogP) is 3.94. The van der Waals surface area contributed by atoms with Gasteiger partial charge in [0.25, 0.3) is 0 Å². The summed E-state index contributed by atoms with van der Waals surface area (Å²) in [6.07, 6.45) is -7.05. The minimum Gasteiger partial charge on any atom is -0.459 e. The molecule has 244 valence electrons. The molecule has 5 rings (SSSR count). The molecular weight excluding hydrogens is 616 g/mol. The fourth-order valence-corrected chi connectivity index (χ4v) is 6.43. The lowest BCUT2D eigenvalue weighted by Crippen LogP contribution is -2.45. The summed E-state index contributed by atoms with van der Waals surface area (Å²) in [5, 5.41) is 9.55. The van der Waals surface area contributed by atoms with Crippen LogP contribution in [0.4, 0.5) is 0 Å². The Morgan fingerprint density at radius 3 is 1.96 bits per heavy atom. The van der Waals surface area contributed by atoms with Crippen molar-refractivity contribution in [1.82, 2.24) is 0 Å². The van der Waals surface area contributed by atoms with Crippen LogP contribution in [0.15, 0.2) is 89.8 Å². The molecule has 3 aromatic rings. The number of esters is 3. The number of aliphatic hydroxyl groups is 1. The Kier molecular flexibility index (Phi) is 11.4. The van der Waals surface area contributed by atoms with Crippen molar-refractivity contribution in [3.8, 4) is 0 Å². The van der Waals surface area contributed by atoms with Gasteiger partial charge in [0, 0.05) is 18.9 Å². The fraction of sp³-hybridized carbons (Fsp3) is 0.382. The standard InChI is InChI=1S/C34H36O11S/c1-20-14-16-24(17-15-20)46-30-28(41-21(2)36)26(19-40-31(37)22-10-6-4-7-11-22)43-34(30)45-27-25(18-35)42-33(39-3)29(27)44-32(38)23-12-8-5-9-13-23/h4-17,25-30,33-35H,18-19H2,1-3H3/t25-,26-,27-,28-,29+,30+,33+,34-/m1/s1. The smallest absolute Gasteiger partial charge is 0.338 e. The van der Waals surface area contributed by atoms with Gasteiger partial charge in [-0.2, -0.15) is 0 Å². The normalized spacial score (nSPS) is 27.2. The molecule has 46 heavy (non-hydrogen) atoms. The van der Waals surface area contributed by atoms with Crippen molar-refractivity contribution in [2.24, 2.45) is 0 Å². The lowest BCUT2D eigenvalue weighted by Gasteiger charge is -2.29. The summed E-state index contributed by atoms with van der Waals surface area (Å²) in [4.78, 5) is 39.0. The van der Waals surface area contributed by atoms with Crippen LogP contribution in [0, 0.1) is 6.92 Å². The second-order valence-corrected chi connectivity index (χ2v) is 12.0. The molecule has 0 spiro atoms. The number of aliphatic hydroxyl groups excluding tert-OH is 1. The van der Waals surface area contributed by atoms with Gasteiger partial charge in [-0.15, -0.1) is 11.8 Å². The van der Waals surface area contributed by atoms with Gasteiger partial charge in [0.15, 0.2) is 18.7 Å². The molecular formula is C34H36O11S. The summed E-state index contributed by atoms with van der Waals surface area (Å²) in [5.41, 5.74) is 1.72. The molecule has 0 unspecified atom stereocenters. The maximum atomic E-state index is 13.1. The van der Waals surface area contributed by atoms with Crippen LogP contribution in [0.5, 0.6) is 0 Å². The molecule has 2 fully saturated rings. The molecule has 12 heteroatoms.